The third kappa shape index (κ3) is 2.85. The molecule has 0 aliphatic carbocycles. The normalized spacial score (nSPS) is 18.6. The van der Waals surface area contributed by atoms with Gasteiger partial charge in [0.1, 0.15) is 6.04 Å². The number of rotatable bonds is 4. The Hall–Kier alpha value is -2.08. The van der Waals surface area contributed by atoms with Gasteiger partial charge >= 0.3 is 12.0 Å². The standard InChI is InChI=1S/C12H11ClN2O4/c13-8-3-1-7(2-4-8)10-11(18)15(12(19)14-10)6-5-9(16)17/h1-4,10H,5-6H2,(H,14,19)(H,16,17). The fourth-order valence-corrected chi connectivity index (χ4v) is 1.95. The van der Waals surface area contributed by atoms with Crippen molar-refractivity contribution in [2.45, 2.75) is 12.5 Å². The summed E-state index contributed by atoms with van der Waals surface area (Å²) in [5.74, 6) is -1.51. The number of halogens is 1. The molecule has 1 aliphatic heterocycles. The summed E-state index contributed by atoms with van der Waals surface area (Å²) in [6.07, 6.45) is -0.271. The first kappa shape index (κ1) is 13.4. The largest absolute Gasteiger partial charge is 0.481 e. The third-order valence-electron chi connectivity index (χ3n) is 2.78. The summed E-state index contributed by atoms with van der Waals surface area (Å²) < 4.78 is 0. The molecule has 1 saturated heterocycles. The molecule has 1 aromatic rings. The number of urea groups is 1. The van der Waals surface area contributed by atoms with E-state index in [0.717, 1.165) is 4.90 Å². The third-order valence-corrected chi connectivity index (χ3v) is 3.03. The van der Waals surface area contributed by atoms with Crippen LogP contribution >= 0.6 is 11.6 Å². The number of imide groups is 1. The van der Waals surface area contributed by atoms with Crippen LogP contribution in [0.3, 0.4) is 0 Å². The van der Waals surface area contributed by atoms with Crippen molar-refractivity contribution in [3.63, 3.8) is 0 Å². The highest BCUT2D eigenvalue weighted by atomic mass is 35.5. The molecule has 1 fully saturated rings. The molecule has 100 valence electrons. The molecule has 0 bridgehead atoms. The molecule has 0 spiro atoms. The smallest absolute Gasteiger partial charge is 0.325 e. The summed E-state index contributed by atoms with van der Waals surface area (Å²) in [4.78, 5) is 35.0. The molecule has 2 N–H and O–H groups in total. The van der Waals surface area contributed by atoms with Gasteiger partial charge in [-0.15, -0.1) is 0 Å². The fourth-order valence-electron chi connectivity index (χ4n) is 1.82. The summed E-state index contributed by atoms with van der Waals surface area (Å²) in [6, 6.07) is 5.18. The highest BCUT2D eigenvalue weighted by molar-refractivity contribution is 6.30. The van der Waals surface area contributed by atoms with E-state index in [2.05, 4.69) is 5.32 Å². The molecular formula is C12H11ClN2O4. The van der Waals surface area contributed by atoms with E-state index >= 15 is 0 Å². The van der Waals surface area contributed by atoms with E-state index in [1.807, 2.05) is 0 Å². The number of carbonyl (C=O) groups is 3. The maximum Gasteiger partial charge on any atom is 0.325 e. The second-order valence-corrected chi connectivity index (χ2v) is 4.50. The Morgan fingerprint density at radius 2 is 1.95 bits per heavy atom. The topological polar surface area (TPSA) is 86.7 Å². The Balaban J connectivity index is 2.13. The maximum atomic E-state index is 12.0. The van der Waals surface area contributed by atoms with Gasteiger partial charge in [-0.2, -0.15) is 0 Å². The molecule has 1 heterocycles. The lowest BCUT2D eigenvalue weighted by atomic mass is 10.1. The SMILES string of the molecule is O=C(O)CCN1C(=O)NC(c2ccc(Cl)cc2)C1=O. The van der Waals surface area contributed by atoms with Gasteiger partial charge in [-0.05, 0) is 17.7 Å². The van der Waals surface area contributed by atoms with Crippen molar-refractivity contribution in [3.05, 3.63) is 34.9 Å². The zero-order chi connectivity index (χ0) is 14.0. The first-order chi connectivity index (χ1) is 8.99. The van der Waals surface area contributed by atoms with E-state index in [1.165, 1.54) is 0 Å². The van der Waals surface area contributed by atoms with Gasteiger partial charge in [0.05, 0.1) is 6.42 Å². The van der Waals surface area contributed by atoms with Crippen LogP contribution in [0.15, 0.2) is 24.3 Å². The summed E-state index contributed by atoms with van der Waals surface area (Å²) in [5.41, 5.74) is 0.612. The average Bonchev–Trinajstić information content (AvgIpc) is 2.63. The maximum absolute atomic E-state index is 12.0. The van der Waals surface area contributed by atoms with Crippen LogP contribution in [0.5, 0.6) is 0 Å². The van der Waals surface area contributed by atoms with E-state index in [0.29, 0.717) is 10.6 Å². The Bertz CT molecular complexity index is 529. The van der Waals surface area contributed by atoms with Crippen LogP contribution in [-0.2, 0) is 9.59 Å². The van der Waals surface area contributed by atoms with E-state index in [1.54, 1.807) is 24.3 Å². The minimum atomic E-state index is -1.06. The summed E-state index contributed by atoms with van der Waals surface area (Å²) in [6.45, 7) is -0.135. The number of nitrogens with zero attached hydrogens (tertiary/aromatic N) is 1. The molecule has 2 rings (SSSR count). The molecule has 0 saturated carbocycles. The van der Waals surface area contributed by atoms with Gasteiger partial charge in [0.25, 0.3) is 5.91 Å². The van der Waals surface area contributed by atoms with Crippen LogP contribution in [0.25, 0.3) is 0 Å². The average molecular weight is 283 g/mol. The number of aliphatic carboxylic acids is 1. The molecule has 19 heavy (non-hydrogen) atoms. The molecule has 1 unspecified atom stereocenters. The minimum Gasteiger partial charge on any atom is -0.481 e. The van der Waals surface area contributed by atoms with Crippen LogP contribution in [-0.4, -0.2) is 34.5 Å². The second-order valence-electron chi connectivity index (χ2n) is 4.07. The Morgan fingerprint density at radius 1 is 1.32 bits per heavy atom. The molecular weight excluding hydrogens is 272 g/mol. The first-order valence-corrected chi connectivity index (χ1v) is 5.96. The molecule has 3 amide bonds. The van der Waals surface area contributed by atoms with Gasteiger partial charge in [0.15, 0.2) is 0 Å². The number of hydrogen-bond donors (Lipinski definition) is 2. The number of carboxylic acid groups (broad SMARTS) is 1. The van der Waals surface area contributed by atoms with Gasteiger partial charge in [0, 0.05) is 11.6 Å². The zero-order valence-electron chi connectivity index (χ0n) is 9.80. The highest BCUT2D eigenvalue weighted by Crippen LogP contribution is 2.23. The van der Waals surface area contributed by atoms with Crippen molar-refractivity contribution < 1.29 is 19.5 Å². The van der Waals surface area contributed by atoms with E-state index in [9.17, 15) is 14.4 Å². The number of carboxylic acids is 1. The molecule has 0 aromatic heterocycles. The van der Waals surface area contributed by atoms with Crippen molar-refractivity contribution >= 4 is 29.5 Å². The molecule has 0 radical (unpaired) electrons. The number of hydrogen-bond acceptors (Lipinski definition) is 3. The van der Waals surface area contributed by atoms with E-state index < -0.39 is 23.9 Å². The summed E-state index contributed by atoms with van der Waals surface area (Å²) in [7, 11) is 0. The zero-order valence-corrected chi connectivity index (χ0v) is 10.6. The Labute approximate surface area is 114 Å². The predicted molar refractivity (Wildman–Crippen MR) is 66.7 cm³/mol. The fraction of sp³-hybridized carbons (Fsp3) is 0.250. The molecule has 7 heteroatoms. The van der Waals surface area contributed by atoms with E-state index in [4.69, 9.17) is 16.7 Å². The quantitative estimate of drug-likeness (QED) is 0.818. The van der Waals surface area contributed by atoms with Crippen LogP contribution < -0.4 is 5.32 Å². The second kappa shape index (κ2) is 5.27. The van der Waals surface area contributed by atoms with Gasteiger partial charge < -0.3 is 10.4 Å². The lowest BCUT2D eigenvalue weighted by Crippen LogP contribution is -2.32. The van der Waals surface area contributed by atoms with E-state index in [-0.39, 0.29) is 13.0 Å². The van der Waals surface area contributed by atoms with Gasteiger partial charge in [0.2, 0.25) is 0 Å². The predicted octanol–water partition coefficient (Wildman–Crippen LogP) is 1.41. The lowest BCUT2D eigenvalue weighted by Gasteiger charge is -2.11. The van der Waals surface area contributed by atoms with Crippen molar-refractivity contribution in [1.82, 2.24) is 10.2 Å². The molecule has 1 atom stereocenters. The van der Waals surface area contributed by atoms with Crippen LogP contribution in [0.2, 0.25) is 5.02 Å². The first-order valence-electron chi connectivity index (χ1n) is 5.58. The Morgan fingerprint density at radius 3 is 2.53 bits per heavy atom. The number of carbonyl (C=O) groups excluding carboxylic acids is 2. The van der Waals surface area contributed by atoms with Gasteiger partial charge in [-0.25, -0.2) is 4.79 Å². The highest BCUT2D eigenvalue weighted by Gasteiger charge is 2.38. The van der Waals surface area contributed by atoms with Crippen LogP contribution in [0, 0.1) is 0 Å². The number of benzene rings is 1. The van der Waals surface area contributed by atoms with Gasteiger partial charge in [-0.1, -0.05) is 23.7 Å². The summed E-state index contributed by atoms with van der Waals surface area (Å²) in [5, 5.41) is 11.6. The van der Waals surface area contributed by atoms with Crippen molar-refractivity contribution in [3.8, 4) is 0 Å². The van der Waals surface area contributed by atoms with Crippen molar-refractivity contribution in [2.24, 2.45) is 0 Å². The monoisotopic (exact) mass is 282 g/mol. The number of amides is 3. The lowest BCUT2D eigenvalue weighted by molar-refractivity contribution is -0.137. The van der Waals surface area contributed by atoms with Gasteiger partial charge in [-0.3, -0.25) is 14.5 Å². The van der Waals surface area contributed by atoms with Crippen LogP contribution in [0.1, 0.15) is 18.0 Å². The number of nitrogens with one attached hydrogen (secondary N) is 1. The molecule has 6 nitrogen and oxygen atoms in total. The Kier molecular flexibility index (Phi) is 3.71. The summed E-state index contributed by atoms with van der Waals surface area (Å²) >= 11 is 5.75. The molecule has 1 aliphatic rings. The minimum absolute atomic E-state index is 0.135. The van der Waals surface area contributed by atoms with Crippen molar-refractivity contribution in [1.29, 1.82) is 0 Å². The van der Waals surface area contributed by atoms with Crippen LogP contribution in [0.4, 0.5) is 4.79 Å². The molecule has 1 aromatic carbocycles. The van der Waals surface area contributed by atoms with Crippen molar-refractivity contribution in [2.75, 3.05) is 6.54 Å².